The molecule has 4 heteroatoms. The first-order chi connectivity index (χ1) is 10.4. The van der Waals surface area contributed by atoms with Crippen LogP contribution in [0.4, 0.5) is 0 Å². The summed E-state index contributed by atoms with van der Waals surface area (Å²) < 4.78 is 26.9. The lowest BCUT2D eigenvalue weighted by atomic mass is 10.2. The van der Waals surface area contributed by atoms with Gasteiger partial charge in [-0.3, -0.25) is 0 Å². The van der Waals surface area contributed by atoms with E-state index in [1.54, 1.807) is 48.6 Å². The molecule has 3 nitrogen and oxygen atoms in total. The van der Waals surface area contributed by atoms with Gasteiger partial charge < -0.3 is 0 Å². The second kappa shape index (κ2) is 8.54. The van der Waals surface area contributed by atoms with Crippen molar-refractivity contribution in [3.63, 3.8) is 0 Å². The fourth-order valence-corrected chi connectivity index (χ4v) is 3.09. The summed E-state index contributed by atoms with van der Waals surface area (Å²) in [5.74, 6) is 0. The van der Waals surface area contributed by atoms with Gasteiger partial charge in [0.15, 0.2) is 0 Å². The van der Waals surface area contributed by atoms with Gasteiger partial charge in [-0.05, 0) is 44.6 Å². The molecule has 1 aromatic rings. The van der Waals surface area contributed by atoms with Gasteiger partial charge in [0.2, 0.25) is 10.0 Å². The highest BCUT2D eigenvalue weighted by molar-refractivity contribution is 7.89. The Morgan fingerprint density at radius 1 is 1.23 bits per heavy atom. The van der Waals surface area contributed by atoms with Crippen LogP contribution in [0.15, 0.2) is 71.3 Å². The summed E-state index contributed by atoms with van der Waals surface area (Å²) in [6.07, 6.45) is 6.88. The van der Waals surface area contributed by atoms with E-state index in [0.717, 1.165) is 11.1 Å². The number of sulfonamides is 1. The second-order valence-corrected chi connectivity index (χ2v) is 7.09. The molecule has 0 saturated carbocycles. The van der Waals surface area contributed by atoms with Crippen LogP contribution in [0.1, 0.15) is 19.4 Å². The predicted octanol–water partition coefficient (Wildman–Crippen LogP) is 3.85. The van der Waals surface area contributed by atoms with E-state index < -0.39 is 10.0 Å². The van der Waals surface area contributed by atoms with Crippen LogP contribution in [-0.2, 0) is 10.0 Å². The summed E-state index contributed by atoms with van der Waals surface area (Å²) in [6.45, 7) is 9.95. The molecule has 0 aliphatic carbocycles. The molecule has 0 aliphatic heterocycles. The molecule has 0 atom stereocenters. The average molecular weight is 317 g/mol. The summed E-state index contributed by atoms with van der Waals surface area (Å²) in [5, 5.41) is 0. The molecule has 0 bridgehead atoms. The zero-order chi connectivity index (χ0) is 16.6. The van der Waals surface area contributed by atoms with Crippen LogP contribution in [0.2, 0.25) is 0 Å². The fourth-order valence-electron chi connectivity index (χ4n) is 1.76. The van der Waals surface area contributed by atoms with Gasteiger partial charge in [-0.15, -0.1) is 5.73 Å². The van der Waals surface area contributed by atoms with Crippen molar-refractivity contribution in [2.45, 2.75) is 25.7 Å². The lowest BCUT2D eigenvalue weighted by molar-refractivity contribution is 0.474. The third-order valence-corrected chi connectivity index (χ3v) is 4.77. The summed E-state index contributed by atoms with van der Waals surface area (Å²) in [5.41, 5.74) is 5.08. The quantitative estimate of drug-likeness (QED) is 0.566. The molecular formula is C18H23NO2S. The van der Waals surface area contributed by atoms with Gasteiger partial charge in [-0.1, -0.05) is 42.5 Å². The predicted molar refractivity (Wildman–Crippen MR) is 92.2 cm³/mol. The second-order valence-electron chi connectivity index (χ2n) is 5.15. The number of hydrogen-bond acceptors (Lipinski definition) is 2. The molecule has 0 saturated heterocycles. The van der Waals surface area contributed by atoms with E-state index in [1.807, 2.05) is 20.8 Å². The van der Waals surface area contributed by atoms with E-state index in [2.05, 4.69) is 12.3 Å². The minimum absolute atomic E-state index is 0.281. The molecule has 0 radical (unpaired) electrons. The van der Waals surface area contributed by atoms with Gasteiger partial charge in [-0.25, -0.2) is 8.42 Å². The zero-order valence-electron chi connectivity index (χ0n) is 13.4. The Labute approximate surface area is 134 Å². The third-order valence-electron chi connectivity index (χ3n) is 2.93. The Balaban J connectivity index is 3.11. The summed E-state index contributed by atoms with van der Waals surface area (Å²) >= 11 is 0. The number of allylic oxidation sites excluding steroid dienone is 2. The van der Waals surface area contributed by atoms with Crippen LogP contribution in [0.25, 0.3) is 0 Å². The van der Waals surface area contributed by atoms with Crippen LogP contribution < -0.4 is 0 Å². The summed E-state index contributed by atoms with van der Waals surface area (Å²) in [7, 11) is -3.53. The molecule has 118 valence electrons. The molecule has 22 heavy (non-hydrogen) atoms. The number of benzene rings is 1. The van der Waals surface area contributed by atoms with Crippen LogP contribution >= 0.6 is 0 Å². The first kappa shape index (κ1) is 18.2. The Morgan fingerprint density at radius 2 is 1.86 bits per heavy atom. The number of nitrogens with zero attached hydrogens (tertiary/aromatic N) is 1. The van der Waals surface area contributed by atoms with Gasteiger partial charge in [0, 0.05) is 13.1 Å². The van der Waals surface area contributed by atoms with Crippen LogP contribution in [-0.4, -0.2) is 25.8 Å². The van der Waals surface area contributed by atoms with Gasteiger partial charge in [0.05, 0.1) is 4.90 Å². The van der Waals surface area contributed by atoms with Crippen molar-refractivity contribution in [2.75, 3.05) is 13.1 Å². The molecule has 0 fully saturated rings. The highest BCUT2D eigenvalue weighted by atomic mass is 32.2. The van der Waals surface area contributed by atoms with Crippen molar-refractivity contribution in [3.05, 3.63) is 72.0 Å². The number of rotatable bonds is 7. The molecule has 0 N–H and O–H groups in total. The molecule has 0 aromatic heterocycles. The van der Waals surface area contributed by atoms with Crippen molar-refractivity contribution in [3.8, 4) is 0 Å². The highest BCUT2D eigenvalue weighted by Gasteiger charge is 2.22. The maximum atomic E-state index is 12.7. The van der Waals surface area contributed by atoms with Gasteiger partial charge in [-0.2, -0.15) is 4.31 Å². The topological polar surface area (TPSA) is 37.4 Å². The summed E-state index contributed by atoms with van der Waals surface area (Å²) in [4.78, 5) is 0.302. The lowest BCUT2D eigenvalue weighted by Crippen LogP contribution is -2.31. The normalized spacial score (nSPS) is 11.5. The van der Waals surface area contributed by atoms with Crippen LogP contribution in [0, 0.1) is 6.92 Å². The van der Waals surface area contributed by atoms with Crippen LogP contribution in [0.5, 0.6) is 0 Å². The van der Waals surface area contributed by atoms with E-state index in [9.17, 15) is 8.42 Å². The minimum Gasteiger partial charge on any atom is -0.207 e. The van der Waals surface area contributed by atoms with E-state index in [-0.39, 0.29) is 6.54 Å². The zero-order valence-corrected chi connectivity index (χ0v) is 14.2. The van der Waals surface area contributed by atoms with Crippen molar-refractivity contribution in [2.24, 2.45) is 0 Å². The molecule has 0 heterocycles. The van der Waals surface area contributed by atoms with Crippen molar-refractivity contribution < 1.29 is 8.42 Å². The van der Waals surface area contributed by atoms with E-state index in [4.69, 9.17) is 0 Å². The van der Waals surface area contributed by atoms with Gasteiger partial charge in [0.25, 0.3) is 0 Å². The Bertz CT molecular complexity index is 687. The highest BCUT2D eigenvalue weighted by Crippen LogP contribution is 2.16. The van der Waals surface area contributed by atoms with Crippen LogP contribution in [0.3, 0.4) is 0 Å². The Hall–Kier alpha value is -1.87. The number of aryl methyl sites for hydroxylation is 1. The molecule has 0 unspecified atom stereocenters. The largest absolute Gasteiger partial charge is 0.243 e. The molecule has 1 aromatic carbocycles. The SMILES string of the molecule is C=C/C=C/CN(CC=C=C(C)C)S(=O)(=O)c1ccc(C)cc1. The van der Waals surface area contributed by atoms with E-state index in [1.165, 1.54) is 4.31 Å². The van der Waals surface area contributed by atoms with Crippen molar-refractivity contribution in [1.82, 2.24) is 4.31 Å². The standard InChI is InChI=1S/C18H23NO2S/c1-5-6-7-14-19(15-8-9-16(2)3)22(20,21)18-12-10-17(4)11-13-18/h5-8,10-13H,1,14-15H2,2-4H3/b7-6+. The molecular weight excluding hydrogens is 294 g/mol. The maximum absolute atomic E-state index is 12.7. The average Bonchev–Trinajstić information content (AvgIpc) is 2.46. The number of hydrogen-bond donors (Lipinski definition) is 0. The molecule has 0 spiro atoms. The van der Waals surface area contributed by atoms with Crippen molar-refractivity contribution in [1.29, 1.82) is 0 Å². The smallest absolute Gasteiger partial charge is 0.207 e. The first-order valence-corrected chi connectivity index (χ1v) is 8.54. The fraction of sp³-hybridized carbons (Fsp3) is 0.278. The Morgan fingerprint density at radius 3 is 2.41 bits per heavy atom. The third kappa shape index (κ3) is 5.49. The summed E-state index contributed by atoms with van der Waals surface area (Å²) in [6, 6.07) is 6.88. The monoisotopic (exact) mass is 317 g/mol. The van der Waals surface area contributed by atoms with Crippen molar-refractivity contribution >= 4 is 10.0 Å². The van der Waals surface area contributed by atoms with E-state index >= 15 is 0 Å². The molecule has 0 amide bonds. The maximum Gasteiger partial charge on any atom is 0.243 e. The molecule has 1 rings (SSSR count). The first-order valence-electron chi connectivity index (χ1n) is 7.10. The van der Waals surface area contributed by atoms with Gasteiger partial charge >= 0.3 is 0 Å². The lowest BCUT2D eigenvalue weighted by Gasteiger charge is -2.19. The van der Waals surface area contributed by atoms with E-state index in [0.29, 0.717) is 11.4 Å². The molecule has 0 aliphatic rings. The Kier molecular flexibility index (Phi) is 7.06. The van der Waals surface area contributed by atoms with Gasteiger partial charge in [0.1, 0.15) is 0 Å². The minimum atomic E-state index is -3.53.